The summed E-state index contributed by atoms with van der Waals surface area (Å²) in [5.41, 5.74) is 0.936. The highest BCUT2D eigenvalue weighted by molar-refractivity contribution is 5.79. The predicted octanol–water partition coefficient (Wildman–Crippen LogP) is 2.33. The zero-order valence-electron chi connectivity index (χ0n) is 15.6. The van der Waals surface area contributed by atoms with Gasteiger partial charge in [0.15, 0.2) is 5.96 Å². The summed E-state index contributed by atoms with van der Waals surface area (Å²) in [6, 6.07) is 6.39. The van der Waals surface area contributed by atoms with E-state index in [1.165, 1.54) is 25.0 Å². The van der Waals surface area contributed by atoms with Crippen LogP contribution in [-0.4, -0.2) is 62.2 Å². The van der Waals surface area contributed by atoms with Crippen molar-refractivity contribution in [3.05, 3.63) is 34.4 Å². The normalized spacial score (nSPS) is 14.2. The molecule has 1 aromatic carbocycles. The van der Waals surface area contributed by atoms with E-state index in [2.05, 4.69) is 20.5 Å². The van der Waals surface area contributed by atoms with Crippen molar-refractivity contribution in [1.82, 2.24) is 10.2 Å². The minimum Gasteiger partial charge on any atom is -0.383 e. The first-order valence-corrected chi connectivity index (χ1v) is 9.15. The minimum absolute atomic E-state index is 0.0912. The highest BCUT2D eigenvalue weighted by Crippen LogP contribution is 2.28. The van der Waals surface area contributed by atoms with Crippen LogP contribution in [0.25, 0.3) is 0 Å². The number of nitro benzene ring substituents is 1. The summed E-state index contributed by atoms with van der Waals surface area (Å²) in [7, 11) is 2.01. The van der Waals surface area contributed by atoms with Gasteiger partial charge in [-0.25, -0.2) is 0 Å². The monoisotopic (exact) mass is 363 g/mol. The van der Waals surface area contributed by atoms with Gasteiger partial charge in [0, 0.05) is 51.1 Å². The van der Waals surface area contributed by atoms with Crippen LogP contribution in [0.3, 0.4) is 0 Å². The van der Waals surface area contributed by atoms with Crippen LogP contribution in [-0.2, 0) is 4.74 Å². The fraction of sp³-hybridized carbons (Fsp3) is 0.611. The quantitative estimate of drug-likeness (QED) is 0.206. The molecule has 2 N–H and O–H groups in total. The SMILES string of the molecule is CCNC(=NCCNc1ccc([N+](=O)[O-])cc1)N(C)CCOCC1CC1. The zero-order chi connectivity index (χ0) is 18.8. The van der Waals surface area contributed by atoms with Crippen molar-refractivity contribution in [2.24, 2.45) is 10.9 Å². The van der Waals surface area contributed by atoms with Crippen LogP contribution in [0.5, 0.6) is 0 Å². The number of likely N-dealkylation sites (N-methyl/N-ethyl adjacent to an activating group) is 1. The number of ether oxygens (including phenoxy) is 1. The molecule has 0 atom stereocenters. The van der Waals surface area contributed by atoms with E-state index in [0.29, 0.717) is 19.7 Å². The molecule has 0 unspecified atom stereocenters. The summed E-state index contributed by atoms with van der Waals surface area (Å²) >= 11 is 0. The topological polar surface area (TPSA) is 92.0 Å². The summed E-state index contributed by atoms with van der Waals surface area (Å²) in [5, 5.41) is 17.1. The van der Waals surface area contributed by atoms with E-state index in [4.69, 9.17) is 4.74 Å². The number of guanidine groups is 1. The van der Waals surface area contributed by atoms with Gasteiger partial charge in [0.2, 0.25) is 0 Å². The van der Waals surface area contributed by atoms with Gasteiger partial charge in [-0.1, -0.05) is 0 Å². The van der Waals surface area contributed by atoms with E-state index in [1.54, 1.807) is 12.1 Å². The third-order valence-electron chi connectivity index (χ3n) is 4.10. The molecule has 8 heteroatoms. The molecule has 1 aliphatic carbocycles. The number of hydrogen-bond donors (Lipinski definition) is 2. The number of nitrogens with one attached hydrogen (secondary N) is 2. The molecule has 1 aromatic rings. The van der Waals surface area contributed by atoms with E-state index >= 15 is 0 Å². The Hall–Kier alpha value is -2.35. The van der Waals surface area contributed by atoms with Gasteiger partial charge in [-0.15, -0.1) is 0 Å². The molecule has 0 saturated heterocycles. The van der Waals surface area contributed by atoms with Crippen LogP contribution in [0.1, 0.15) is 19.8 Å². The van der Waals surface area contributed by atoms with Crippen molar-refractivity contribution in [1.29, 1.82) is 0 Å². The average molecular weight is 363 g/mol. The summed E-state index contributed by atoms with van der Waals surface area (Å²) in [6.45, 7) is 6.49. The lowest BCUT2D eigenvalue weighted by atomic mass is 10.3. The molecule has 0 bridgehead atoms. The molecule has 1 aliphatic rings. The smallest absolute Gasteiger partial charge is 0.269 e. The van der Waals surface area contributed by atoms with E-state index in [1.807, 2.05) is 14.0 Å². The maximum atomic E-state index is 10.7. The molecule has 2 rings (SSSR count). The van der Waals surface area contributed by atoms with Gasteiger partial charge >= 0.3 is 0 Å². The van der Waals surface area contributed by atoms with Gasteiger partial charge in [0.1, 0.15) is 0 Å². The maximum absolute atomic E-state index is 10.7. The second-order valence-corrected chi connectivity index (χ2v) is 6.41. The summed E-state index contributed by atoms with van der Waals surface area (Å²) in [5.74, 6) is 1.64. The van der Waals surface area contributed by atoms with Crippen LogP contribution >= 0.6 is 0 Å². The second-order valence-electron chi connectivity index (χ2n) is 6.41. The Labute approximate surface area is 154 Å². The Kier molecular flexibility index (Phi) is 8.14. The number of non-ortho nitro benzene ring substituents is 1. The molecule has 0 amide bonds. The molecular formula is C18H29N5O3. The molecule has 0 aromatic heterocycles. The molecular weight excluding hydrogens is 334 g/mol. The Morgan fingerprint density at radius 1 is 1.38 bits per heavy atom. The molecule has 0 heterocycles. The van der Waals surface area contributed by atoms with Crippen molar-refractivity contribution in [2.75, 3.05) is 51.8 Å². The number of anilines is 1. The van der Waals surface area contributed by atoms with Gasteiger partial charge in [0.05, 0.1) is 18.1 Å². The molecule has 0 radical (unpaired) electrons. The highest BCUT2D eigenvalue weighted by Gasteiger charge is 2.21. The Balaban J connectivity index is 1.71. The summed E-state index contributed by atoms with van der Waals surface area (Å²) in [4.78, 5) is 16.9. The van der Waals surface area contributed by atoms with Crippen molar-refractivity contribution >= 4 is 17.3 Å². The Bertz CT molecular complexity index is 587. The van der Waals surface area contributed by atoms with Crippen LogP contribution in [0, 0.1) is 16.0 Å². The number of nitro groups is 1. The Morgan fingerprint density at radius 2 is 2.12 bits per heavy atom. The van der Waals surface area contributed by atoms with Crippen LogP contribution < -0.4 is 10.6 Å². The number of nitrogens with zero attached hydrogens (tertiary/aromatic N) is 3. The lowest BCUT2D eigenvalue weighted by Crippen LogP contribution is -2.41. The average Bonchev–Trinajstić information content (AvgIpc) is 3.46. The van der Waals surface area contributed by atoms with Gasteiger partial charge in [0.25, 0.3) is 5.69 Å². The fourth-order valence-corrected chi connectivity index (χ4v) is 2.37. The maximum Gasteiger partial charge on any atom is 0.269 e. The number of benzene rings is 1. The minimum atomic E-state index is -0.402. The van der Waals surface area contributed by atoms with E-state index < -0.39 is 4.92 Å². The third-order valence-corrected chi connectivity index (χ3v) is 4.10. The summed E-state index contributed by atoms with van der Waals surface area (Å²) in [6.07, 6.45) is 2.61. The van der Waals surface area contributed by atoms with Gasteiger partial charge < -0.3 is 20.3 Å². The Morgan fingerprint density at radius 3 is 2.73 bits per heavy atom. The molecule has 144 valence electrons. The van der Waals surface area contributed by atoms with Crippen molar-refractivity contribution < 1.29 is 9.66 Å². The first kappa shape index (κ1) is 20.0. The van der Waals surface area contributed by atoms with E-state index in [-0.39, 0.29) is 5.69 Å². The lowest BCUT2D eigenvalue weighted by Gasteiger charge is -2.22. The molecule has 1 saturated carbocycles. The molecule has 0 spiro atoms. The first-order valence-electron chi connectivity index (χ1n) is 9.15. The van der Waals surface area contributed by atoms with Gasteiger partial charge in [-0.2, -0.15) is 0 Å². The first-order chi connectivity index (χ1) is 12.6. The predicted molar refractivity (Wildman–Crippen MR) is 104 cm³/mol. The van der Waals surface area contributed by atoms with Crippen molar-refractivity contribution in [3.8, 4) is 0 Å². The van der Waals surface area contributed by atoms with Crippen LogP contribution in [0.2, 0.25) is 0 Å². The highest BCUT2D eigenvalue weighted by atomic mass is 16.6. The second kappa shape index (κ2) is 10.6. The number of hydrogen-bond acceptors (Lipinski definition) is 5. The lowest BCUT2D eigenvalue weighted by molar-refractivity contribution is -0.384. The molecule has 1 fully saturated rings. The van der Waals surface area contributed by atoms with E-state index in [0.717, 1.165) is 37.3 Å². The summed E-state index contributed by atoms with van der Waals surface area (Å²) < 4.78 is 5.68. The molecule has 8 nitrogen and oxygen atoms in total. The fourth-order valence-electron chi connectivity index (χ4n) is 2.37. The molecule has 0 aliphatic heterocycles. The largest absolute Gasteiger partial charge is 0.383 e. The number of rotatable bonds is 11. The number of aliphatic imine (C=N–C) groups is 1. The van der Waals surface area contributed by atoms with Crippen molar-refractivity contribution in [2.45, 2.75) is 19.8 Å². The van der Waals surface area contributed by atoms with E-state index in [9.17, 15) is 10.1 Å². The van der Waals surface area contributed by atoms with Crippen LogP contribution in [0.15, 0.2) is 29.3 Å². The molecule has 26 heavy (non-hydrogen) atoms. The van der Waals surface area contributed by atoms with Gasteiger partial charge in [-0.3, -0.25) is 15.1 Å². The van der Waals surface area contributed by atoms with Gasteiger partial charge in [-0.05, 0) is 37.8 Å². The third kappa shape index (κ3) is 7.26. The standard InChI is InChI=1S/C18H29N5O3/c1-3-19-18(22(2)12-13-26-14-15-4-5-15)21-11-10-20-16-6-8-17(9-7-16)23(24)25/h6-9,15,20H,3-5,10-14H2,1-2H3,(H,19,21). The zero-order valence-corrected chi connectivity index (χ0v) is 15.6. The van der Waals surface area contributed by atoms with Crippen LogP contribution in [0.4, 0.5) is 11.4 Å². The van der Waals surface area contributed by atoms with Crippen molar-refractivity contribution in [3.63, 3.8) is 0 Å².